The standard InChI is InChI=1S/C10H15N.C9H13N/c1-4-10-9(8(2)3)6-5-7-11-10;1-7(2)9-5-4-8(3)10-6-9/h5-8H,4H2,1-3H3;4-7H,1-3H3. The van der Waals surface area contributed by atoms with Gasteiger partial charge in [-0.15, -0.1) is 0 Å². The van der Waals surface area contributed by atoms with E-state index in [0.717, 1.165) is 12.1 Å². The molecule has 0 saturated carbocycles. The first-order valence-corrected chi connectivity index (χ1v) is 7.82. The molecule has 21 heavy (non-hydrogen) atoms. The van der Waals surface area contributed by atoms with Gasteiger partial charge in [0.25, 0.3) is 0 Å². The number of pyridine rings is 2. The number of aromatic nitrogens is 2. The van der Waals surface area contributed by atoms with E-state index in [4.69, 9.17) is 0 Å². The third kappa shape index (κ3) is 5.66. The van der Waals surface area contributed by atoms with Crippen LogP contribution in [0.1, 0.15) is 69.0 Å². The third-order valence-corrected chi connectivity index (χ3v) is 3.48. The predicted molar refractivity (Wildman–Crippen MR) is 90.8 cm³/mol. The van der Waals surface area contributed by atoms with E-state index in [1.807, 2.05) is 25.4 Å². The molecule has 0 aliphatic heterocycles. The molecule has 0 amide bonds. The second-order valence-corrected chi connectivity index (χ2v) is 5.94. The number of hydrogen-bond donors (Lipinski definition) is 0. The molecule has 2 nitrogen and oxygen atoms in total. The fourth-order valence-corrected chi connectivity index (χ4v) is 2.09. The summed E-state index contributed by atoms with van der Waals surface area (Å²) in [5.74, 6) is 1.19. The number of aryl methyl sites for hydroxylation is 2. The van der Waals surface area contributed by atoms with Gasteiger partial charge in [0.2, 0.25) is 0 Å². The number of nitrogens with zero attached hydrogens (tertiary/aromatic N) is 2. The molecule has 2 heteroatoms. The average molecular weight is 284 g/mol. The molecule has 0 saturated heterocycles. The Morgan fingerprint density at radius 1 is 0.952 bits per heavy atom. The minimum absolute atomic E-state index is 0.591. The molecule has 2 rings (SSSR count). The number of hydrogen-bond acceptors (Lipinski definition) is 2. The van der Waals surface area contributed by atoms with E-state index in [1.54, 1.807) is 0 Å². The quantitative estimate of drug-likeness (QED) is 0.766. The Balaban J connectivity index is 0.000000211. The van der Waals surface area contributed by atoms with Crippen molar-refractivity contribution in [2.24, 2.45) is 0 Å². The molecule has 2 aromatic heterocycles. The number of rotatable bonds is 3. The first-order valence-electron chi connectivity index (χ1n) is 7.82. The molecule has 0 aromatic carbocycles. The molecule has 0 bridgehead atoms. The fraction of sp³-hybridized carbons (Fsp3) is 0.474. The molecule has 114 valence electrons. The summed E-state index contributed by atoms with van der Waals surface area (Å²) < 4.78 is 0. The van der Waals surface area contributed by atoms with Crippen LogP contribution >= 0.6 is 0 Å². The van der Waals surface area contributed by atoms with Crippen molar-refractivity contribution in [3.63, 3.8) is 0 Å². The zero-order valence-corrected chi connectivity index (χ0v) is 14.2. The highest BCUT2D eigenvalue weighted by molar-refractivity contribution is 5.22. The maximum atomic E-state index is 4.32. The van der Waals surface area contributed by atoms with Crippen molar-refractivity contribution in [2.45, 2.75) is 59.8 Å². The van der Waals surface area contributed by atoms with E-state index >= 15 is 0 Å². The summed E-state index contributed by atoms with van der Waals surface area (Å²) in [7, 11) is 0. The van der Waals surface area contributed by atoms with Gasteiger partial charge in [0.15, 0.2) is 0 Å². The first kappa shape index (κ1) is 17.4. The Morgan fingerprint density at radius 2 is 1.67 bits per heavy atom. The van der Waals surface area contributed by atoms with Crippen LogP contribution in [-0.4, -0.2) is 9.97 Å². The maximum Gasteiger partial charge on any atom is 0.0435 e. The van der Waals surface area contributed by atoms with E-state index in [1.165, 1.54) is 16.8 Å². The first-order chi connectivity index (χ1) is 9.95. The lowest BCUT2D eigenvalue weighted by Crippen LogP contribution is -1.96. The van der Waals surface area contributed by atoms with Gasteiger partial charge in [-0.25, -0.2) is 0 Å². The van der Waals surface area contributed by atoms with E-state index in [-0.39, 0.29) is 0 Å². The van der Waals surface area contributed by atoms with Crippen LogP contribution in [0.25, 0.3) is 0 Å². The van der Waals surface area contributed by atoms with E-state index < -0.39 is 0 Å². The molecule has 0 aliphatic carbocycles. The van der Waals surface area contributed by atoms with Crippen molar-refractivity contribution in [1.29, 1.82) is 0 Å². The summed E-state index contributed by atoms with van der Waals surface area (Å²) in [6.45, 7) is 12.9. The normalized spacial score (nSPS) is 10.5. The average Bonchev–Trinajstić information content (AvgIpc) is 2.48. The van der Waals surface area contributed by atoms with Crippen molar-refractivity contribution in [2.75, 3.05) is 0 Å². The van der Waals surface area contributed by atoms with Gasteiger partial charge in [0, 0.05) is 23.8 Å². The van der Waals surface area contributed by atoms with Crippen molar-refractivity contribution in [3.8, 4) is 0 Å². The largest absolute Gasteiger partial charge is 0.261 e. The summed E-state index contributed by atoms with van der Waals surface area (Å²) in [4.78, 5) is 8.52. The van der Waals surface area contributed by atoms with E-state index in [2.05, 4.69) is 62.8 Å². The van der Waals surface area contributed by atoms with Gasteiger partial charge >= 0.3 is 0 Å². The van der Waals surface area contributed by atoms with Crippen LogP contribution in [0, 0.1) is 6.92 Å². The van der Waals surface area contributed by atoms with Crippen LogP contribution in [-0.2, 0) is 6.42 Å². The van der Waals surface area contributed by atoms with Gasteiger partial charge in [-0.3, -0.25) is 9.97 Å². The lowest BCUT2D eigenvalue weighted by molar-refractivity contribution is 0.824. The van der Waals surface area contributed by atoms with Crippen LogP contribution in [0.5, 0.6) is 0 Å². The zero-order valence-electron chi connectivity index (χ0n) is 14.2. The molecule has 0 atom stereocenters. The molecule has 0 unspecified atom stereocenters. The molecular weight excluding hydrogens is 256 g/mol. The van der Waals surface area contributed by atoms with Gasteiger partial charge in [-0.05, 0) is 48.4 Å². The maximum absolute atomic E-state index is 4.32. The van der Waals surface area contributed by atoms with Crippen LogP contribution < -0.4 is 0 Å². The van der Waals surface area contributed by atoms with Crippen molar-refractivity contribution in [3.05, 3.63) is 59.2 Å². The zero-order chi connectivity index (χ0) is 15.8. The van der Waals surface area contributed by atoms with E-state index in [0.29, 0.717) is 11.8 Å². The van der Waals surface area contributed by atoms with Crippen LogP contribution in [0.3, 0.4) is 0 Å². The Labute approximate surface area is 129 Å². The Hall–Kier alpha value is -1.70. The second-order valence-electron chi connectivity index (χ2n) is 5.94. The van der Waals surface area contributed by atoms with Gasteiger partial charge in [-0.1, -0.05) is 46.8 Å². The summed E-state index contributed by atoms with van der Waals surface area (Å²) in [5, 5.41) is 0. The molecule has 2 aromatic rings. The van der Waals surface area contributed by atoms with E-state index in [9.17, 15) is 0 Å². The lowest BCUT2D eigenvalue weighted by Gasteiger charge is -2.08. The summed E-state index contributed by atoms with van der Waals surface area (Å²) >= 11 is 0. The van der Waals surface area contributed by atoms with Gasteiger partial charge < -0.3 is 0 Å². The molecular formula is C19H28N2. The minimum atomic E-state index is 0.591. The van der Waals surface area contributed by atoms with Crippen LogP contribution in [0.2, 0.25) is 0 Å². The molecule has 2 heterocycles. The van der Waals surface area contributed by atoms with Crippen molar-refractivity contribution >= 4 is 0 Å². The molecule has 0 fully saturated rings. The van der Waals surface area contributed by atoms with Gasteiger partial charge in [0.05, 0.1) is 0 Å². The molecule has 0 radical (unpaired) electrons. The van der Waals surface area contributed by atoms with Crippen molar-refractivity contribution in [1.82, 2.24) is 9.97 Å². The topological polar surface area (TPSA) is 25.8 Å². The second kappa shape index (κ2) is 8.56. The van der Waals surface area contributed by atoms with Crippen LogP contribution in [0.15, 0.2) is 36.7 Å². The van der Waals surface area contributed by atoms with Gasteiger partial charge in [-0.2, -0.15) is 0 Å². The smallest absolute Gasteiger partial charge is 0.0435 e. The molecule has 0 N–H and O–H groups in total. The Bertz CT molecular complexity index is 528. The van der Waals surface area contributed by atoms with Gasteiger partial charge in [0.1, 0.15) is 0 Å². The summed E-state index contributed by atoms with van der Waals surface area (Å²) in [6, 6.07) is 8.35. The third-order valence-electron chi connectivity index (χ3n) is 3.48. The highest BCUT2D eigenvalue weighted by atomic mass is 14.7. The lowest BCUT2D eigenvalue weighted by atomic mass is 10.0. The molecule has 0 spiro atoms. The predicted octanol–water partition coefficient (Wildman–Crippen LogP) is 5.28. The molecule has 0 aliphatic rings. The SMILES string of the molecule is CCc1ncccc1C(C)C.Cc1ccc(C(C)C)cn1. The van der Waals surface area contributed by atoms with Crippen molar-refractivity contribution < 1.29 is 0 Å². The Kier molecular flexibility index (Phi) is 7.07. The van der Waals surface area contributed by atoms with Crippen LogP contribution in [0.4, 0.5) is 0 Å². The highest BCUT2D eigenvalue weighted by Crippen LogP contribution is 2.17. The monoisotopic (exact) mass is 284 g/mol. The minimum Gasteiger partial charge on any atom is -0.261 e. The highest BCUT2D eigenvalue weighted by Gasteiger charge is 2.03. The Morgan fingerprint density at radius 3 is 2.10 bits per heavy atom. The summed E-state index contributed by atoms with van der Waals surface area (Å²) in [5.41, 5.74) is 5.02. The fourth-order valence-electron chi connectivity index (χ4n) is 2.09. The summed E-state index contributed by atoms with van der Waals surface area (Å²) in [6.07, 6.45) is 4.85.